The van der Waals surface area contributed by atoms with Crippen LogP contribution in [0, 0.1) is 5.41 Å². The van der Waals surface area contributed by atoms with Crippen LogP contribution in [-0.2, 0) is 24.3 Å². The summed E-state index contributed by atoms with van der Waals surface area (Å²) in [5.74, 6) is -0.896. The Kier molecular flexibility index (Phi) is 6.29. The topological polar surface area (TPSA) is 78.6 Å². The molecule has 0 spiro atoms. The van der Waals surface area contributed by atoms with Crippen LogP contribution < -0.4 is 0 Å². The molecule has 0 bridgehead atoms. The minimum Gasteiger partial charge on any atom is -0.481 e. The van der Waals surface area contributed by atoms with Gasteiger partial charge >= 0.3 is 5.97 Å². The first-order valence-electron chi connectivity index (χ1n) is 9.73. The van der Waals surface area contributed by atoms with Gasteiger partial charge < -0.3 is 10.2 Å². The molecule has 1 saturated heterocycles. The second kappa shape index (κ2) is 8.67. The third-order valence-corrected chi connectivity index (χ3v) is 5.62. The van der Waals surface area contributed by atoms with Crippen molar-refractivity contribution in [2.45, 2.75) is 51.8 Å². The molecule has 1 aliphatic rings. The Labute approximate surface area is 160 Å². The normalized spacial score (nSPS) is 23.4. The van der Waals surface area contributed by atoms with Crippen molar-refractivity contribution in [2.75, 3.05) is 13.1 Å². The molecule has 0 saturated carbocycles. The predicted molar refractivity (Wildman–Crippen MR) is 103 cm³/mol. The van der Waals surface area contributed by atoms with Crippen LogP contribution in [0.25, 0.3) is 0 Å². The third kappa shape index (κ3) is 4.57. The Hall–Kier alpha value is -2.18. The molecule has 0 radical (unpaired) electrons. The number of hydrogen-bond donors (Lipinski definition) is 2. The first kappa shape index (κ1) is 19.6. The van der Waals surface area contributed by atoms with Crippen molar-refractivity contribution >= 4 is 5.97 Å². The maximum absolute atomic E-state index is 12.2. The SMILES string of the molecule is CCn1ccc(CN2CC[C@@H](O)[C@](CCCc3ccccc3)(C(=O)O)C2)n1. The van der Waals surface area contributed by atoms with Gasteiger partial charge in [0.05, 0.1) is 11.8 Å². The highest BCUT2D eigenvalue weighted by molar-refractivity contribution is 5.76. The summed E-state index contributed by atoms with van der Waals surface area (Å²) in [7, 11) is 0. The standard InChI is InChI=1S/C21H29N3O3/c1-2-24-14-10-18(22-24)15-23-13-11-19(25)21(16-23,20(26)27)12-6-9-17-7-4-3-5-8-17/h3-5,7-8,10,14,19,25H,2,6,9,11-13,15-16H2,1H3,(H,26,27)/t19-,21-/m1/s1. The number of aryl methyl sites for hydroxylation is 2. The van der Waals surface area contributed by atoms with Gasteiger partial charge in [0.1, 0.15) is 5.41 Å². The first-order valence-corrected chi connectivity index (χ1v) is 9.73. The van der Waals surface area contributed by atoms with Gasteiger partial charge in [-0.05, 0) is 44.2 Å². The number of likely N-dealkylation sites (tertiary alicyclic amines) is 1. The lowest BCUT2D eigenvalue weighted by molar-refractivity contribution is -0.164. The molecule has 2 N–H and O–H groups in total. The Balaban J connectivity index is 1.66. The largest absolute Gasteiger partial charge is 0.481 e. The lowest BCUT2D eigenvalue weighted by Gasteiger charge is -2.43. The van der Waals surface area contributed by atoms with E-state index < -0.39 is 17.5 Å². The lowest BCUT2D eigenvalue weighted by Crippen LogP contribution is -2.55. The third-order valence-electron chi connectivity index (χ3n) is 5.62. The molecule has 1 aromatic heterocycles. The molecular formula is C21H29N3O3. The molecule has 2 aromatic rings. The fraction of sp³-hybridized carbons (Fsp3) is 0.524. The van der Waals surface area contributed by atoms with Gasteiger partial charge in [-0.1, -0.05) is 30.3 Å². The maximum atomic E-state index is 12.2. The van der Waals surface area contributed by atoms with Crippen LogP contribution in [0.3, 0.4) is 0 Å². The zero-order valence-corrected chi connectivity index (χ0v) is 15.9. The molecule has 6 nitrogen and oxygen atoms in total. The average molecular weight is 371 g/mol. The van der Waals surface area contributed by atoms with Gasteiger partial charge in [0.25, 0.3) is 0 Å². The number of carboxylic acid groups (broad SMARTS) is 1. The summed E-state index contributed by atoms with van der Waals surface area (Å²) < 4.78 is 1.87. The van der Waals surface area contributed by atoms with Crippen LogP contribution in [0.5, 0.6) is 0 Å². The van der Waals surface area contributed by atoms with Gasteiger partial charge in [0.15, 0.2) is 0 Å². The molecule has 1 fully saturated rings. The number of aliphatic carboxylic acids is 1. The van der Waals surface area contributed by atoms with E-state index in [1.807, 2.05) is 42.1 Å². The minimum atomic E-state index is -1.11. The van der Waals surface area contributed by atoms with Crippen LogP contribution >= 0.6 is 0 Å². The van der Waals surface area contributed by atoms with Crippen molar-refractivity contribution in [3.05, 3.63) is 53.9 Å². The van der Waals surface area contributed by atoms with Gasteiger partial charge in [0.2, 0.25) is 0 Å². The van der Waals surface area contributed by atoms with E-state index in [0.29, 0.717) is 32.5 Å². The zero-order chi connectivity index (χ0) is 19.3. The van der Waals surface area contributed by atoms with Crippen LogP contribution in [0.4, 0.5) is 0 Å². The second-order valence-electron chi connectivity index (χ2n) is 7.48. The average Bonchev–Trinajstić information content (AvgIpc) is 3.12. The molecule has 0 amide bonds. The highest BCUT2D eigenvalue weighted by Crippen LogP contribution is 2.36. The van der Waals surface area contributed by atoms with E-state index in [1.54, 1.807) is 0 Å². The molecule has 0 aliphatic carbocycles. The van der Waals surface area contributed by atoms with Crippen molar-refractivity contribution in [3.63, 3.8) is 0 Å². The molecule has 0 unspecified atom stereocenters. The predicted octanol–water partition coefficient (Wildman–Crippen LogP) is 2.56. The quantitative estimate of drug-likeness (QED) is 0.746. The van der Waals surface area contributed by atoms with Gasteiger partial charge in [-0.3, -0.25) is 14.4 Å². The molecule has 6 heteroatoms. The smallest absolute Gasteiger partial charge is 0.313 e. The van der Waals surface area contributed by atoms with Gasteiger partial charge in [0, 0.05) is 32.4 Å². The van der Waals surface area contributed by atoms with Crippen LogP contribution in [0.15, 0.2) is 42.6 Å². The Morgan fingerprint density at radius 3 is 2.74 bits per heavy atom. The summed E-state index contributed by atoms with van der Waals surface area (Å²) in [5.41, 5.74) is 1.03. The number of carboxylic acids is 1. The molecule has 2 heterocycles. The molecule has 146 valence electrons. The van der Waals surface area contributed by atoms with Crippen LogP contribution in [-0.4, -0.2) is 50.1 Å². The molecule has 3 rings (SSSR count). The van der Waals surface area contributed by atoms with Gasteiger partial charge in [-0.25, -0.2) is 0 Å². The number of rotatable bonds is 8. The lowest BCUT2D eigenvalue weighted by atomic mass is 9.73. The Bertz CT molecular complexity index is 746. The van der Waals surface area contributed by atoms with E-state index in [-0.39, 0.29) is 0 Å². The number of aliphatic hydroxyl groups excluding tert-OH is 1. The zero-order valence-electron chi connectivity index (χ0n) is 15.9. The number of nitrogens with zero attached hydrogens (tertiary/aromatic N) is 3. The van der Waals surface area contributed by atoms with Crippen LogP contribution in [0.1, 0.15) is 37.4 Å². The number of piperidine rings is 1. The molecule has 1 aromatic carbocycles. The van der Waals surface area contributed by atoms with Crippen molar-refractivity contribution in [1.82, 2.24) is 14.7 Å². The minimum absolute atomic E-state index is 0.358. The van der Waals surface area contributed by atoms with Crippen molar-refractivity contribution < 1.29 is 15.0 Å². The van der Waals surface area contributed by atoms with E-state index in [1.165, 1.54) is 5.56 Å². The van der Waals surface area contributed by atoms with Crippen molar-refractivity contribution in [3.8, 4) is 0 Å². The summed E-state index contributed by atoms with van der Waals surface area (Å²) in [5, 5.41) is 25.1. The number of benzene rings is 1. The molecule has 2 atom stereocenters. The summed E-state index contributed by atoms with van der Waals surface area (Å²) >= 11 is 0. The fourth-order valence-electron chi connectivity index (χ4n) is 4.01. The number of aliphatic hydroxyl groups is 1. The summed E-state index contributed by atoms with van der Waals surface area (Å²) in [4.78, 5) is 14.3. The first-order chi connectivity index (χ1) is 13.0. The Morgan fingerprint density at radius 1 is 1.30 bits per heavy atom. The highest BCUT2D eigenvalue weighted by atomic mass is 16.4. The fourth-order valence-corrected chi connectivity index (χ4v) is 4.01. The number of carbonyl (C=O) groups is 1. The highest BCUT2D eigenvalue weighted by Gasteiger charge is 2.48. The molecular weight excluding hydrogens is 342 g/mol. The van der Waals surface area contributed by atoms with E-state index in [9.17, 15) is 15.0 Å². The summed E-state index contributed by atoms with van der Waals surface area (Å²) in [6.07, 6.45) is 3.65. The van der Waals surface area contributed by atoms with Crippen LogP contribution in [0.2, 0.25) is 0 Å². The number of aromatic nitrogens is 2. The number of hydrogen-bond acceptors (Lipinski definition) is 4. The molecule has 1 aliphatic heterocycles. The van der Waals surface area contributed by atoms with E-state index in [4.69, 9.17) is 0 Å². The van der Waals surface area contributed by atoms with E-state index in [2.05, 4.69) is 22.1 Å². The second-order valence-corrected chi connectivity index (χ2v) is 7.48. The summed E-state index contributed by atoms with van der Waals surface area (Å²) in [6, 6.07) is 12.1. The summed E-state index contributed by atoms with van der Waals surface area (Å²) in [6.45, 7) is 4.52. The maximum Gasteiger partial charge on any atom is 0.313 e. The van der Waals surface area contributed by atoms with Crippen molar-refractivity contribution in [2.24, 2.45) is 5.41 Å². The molecule has 27 heavy (non-hydrogen) atoms. The monoisotopic (exact) mass is 371 g/mol. The van der Waals surface area contributed by atoms with E-state index >= 15 is 0 Å². The Morgan fingerprint density at radius 2 is 2.07 bits per heavy atom. The van der Waals surface area contributed by atoms with Gasteiger partial charge in [-0.2, -0.15) is 5.10 Å². The van der Waals surface area contributed by atoms with Crippen molar-refractivity contribution in [1.29, 1.82) is 0 Å². The van der Waals surface area contributed by atoms with Gasteiger partial charge in [-0.15, -0.1) is 0 Å². The van der Waals surface area contributed by atoms with E-state index in [0.717, 1.165) is 25.1 Å².